The van der Waals surface area contributed by atoms with Gasteiger partial charge >= 0.3 is 0 Å². The molecule has 1 aromatic rings. The second-order valence-electron chi connectivity index (χ2n) is 5.36. The van der Waals surface area contributed by atoms with Crippen LogP contribution in [0.4, 0.5) is 15.8 Å². The van der Waals surface area contributed by atoms with Gasteiger partial charge in [-0.2, -0.15) is 0 Å². The minimum atomic E-state index is -0.866. The van der Waals surface area contributed by atoms with Crippen LogP contribution in [0.1, 0.15) is 13.8 Å². The number of halogens is 1. The summed E-state index contributed by atoms with van der Waals surface area (Å²) in [5, 5.41) is 10.8. The van der Waals surface area contributed by atoms with E-state index in [1.165, 1.54) is 12.1 Å². The quantitative estimate of drug-likeness (QED) is 0.612. The molecule has 0 N–H and O–H groups in total. The van der Waals surface area contributed by atoms with Crippen molar-refractivity contribution in [3.63, 3.8) is 0 Å². The summed E-state index contributed by atoms with van der Waals surface area (Å²) in [4.78, 5) is 25.7. The van der Waals surface area contributed by atoms with Crippen molar-refractivity contribution in [2.24, 2.45) is 0 Å². The van der Waals surface area contributed by atoms with Gasteiger partial charge in [0, 0.05) is 31.9 Å². The molecule has 20 heavy (non-hydrogen) atoms. The molecule has 0 spiro atoms. The molecule has 0 unspecified atom stereocenters. The third-order valence-corrected chi connectivity index (χ3v) is 3.59. The fourth-order valence-corrected chi connectivity index (χ4v) is 2.49. The van der Waals surface area contributed by atoms with Gasteiger partial charge in [-0.15, -0.1) is 0 Å². The highest BCUT2D eigenvalue weighted by Gasteiger charge is 2.41. The SMILES string of the molecule is CN1CCN(c2cc(F)cc([N+](=O)[O-])c2)C(C)(C)C1=O. The molecule has 2 rings (SSSR count). The predicted octanol–water partition coefficient (Wildman–Crippen LogP) is 1.79. The van der Waals surface area contributed by atoms with Crippen molar-refractivity contribution in [3.05, 3.63) is 34.1 Å². The van der Waals surface area contributed by atoms with Crippen LogP contribution in [0.2, 0.25) is 0 Å². The van der Waals surface area contributed by atoms with E-state index < -0.39 is 16.3 Å². The molecule has 1 aromatic carbocycles. The number of hydrogen-bond acceptors (Lipinski definition) is 4. The summed E-state index contributed by atoms with van der Waals surface area (Å²) in [6, 6.07) is 3.38. The second kappa shape index (κ2) is 4.73. The fraction of sp³-hybridized carbons (Fsp3) is 0.462. The van der Waals surface area contributed by atoms with Gasteiger partial charge in [0.1, 0.15) is 11.4 Å². The molecule has 0 radical (unpaired) electrons. The van der Waals surface area contributed by atoms with Gasteiger partial charge in [0.2, 0.25) is 5.91 Å². The molecule has 0 bridgehead atoms. The first-order valence-electron chi connectivity index (χ1n) is 6.21. The van der Waals surface area contributed by atoms with E-state index in [1.54, 1.807) is 30.7 Å². The van der Waals surface area contributed by atoms with Gasteiger partial charge in [0.25, 0.3) is 5.69 Å². The predicted molar refractivity (Wildman–Crippen MR) is 72.1 cm³/mol. The number of benzene rings is 1. The van der Waals surface area contributed by atoms with Crippen molar-refractivity contribution in [2.75, 3.05) is 25.0 Å². The first kappa shape index (κ1) is 14.2. The summed E-state index contributed by atoms with van der Waals surface area (Å²) in [7, 11) is 1.70. The van der Waals surface area contributed by atoms with Crippen molar-refractivity contribution in [2.45, 2.75) is 19.4 Å². The summed E-state index contributed by atoms with van der Waals surface area (Å²) in [6.45, 7) is 4.44. The Morgan fingerprint density at radius 1 is 1.30 bits per heavy atom. The minimum absolute atomic E-state index is 0.101. The number of carbonyl (C=O) groups excluding carboxylic acids is 1. The number of nitrogens with zero attached hydrogens (tertiary/aromatic N) is 3. The molecule has 108 valence electrons. The highest BCUT2D eigenvalue weighted by Crippen LogP contribution is 2.31. The number of piperazine rings is 1. The van der Waals surface area contributed by atoms with Crippen LogP contribution in [-0.4, -0.2) is 41.4 Å². The first-order chi connectivity index (χ1) is 9.23. The van der Waals surface area contributed by atoms with Crippen LogP contribution in [0.3, 0.4) is 0 Å². The van der Waals surface area contributed by atoms with Crippen molar-refractivity contribution in [3.8, 4) is 0 Å². The molecular formula is C13H16FN3O3. The number of likely N-dealkylation sites (N-methyl/N-ethyl adjacent to an activating group) is 1. The van der Waals surface area contributed by atoms with Crippen LogP contribution in [-0.2, 0) is 4.79 Å². The lowest BCUT2D eigenvalue weighted by atomic mass is 9.96. The Morgan fingerprint density at radius 2 is 1.95 bits per heavy atom. The van der Waals surface area contributed by atoms with E-state index in [1.807, 2.05) is 0 Å². The highest BCUT2D eigenvalue weighted by atomic mass is 19.1. The average Bonchev–Trinajstić information content (AvgIpc) is 2.35. The largest absolute Gasteiger partial charge is 0.355 e. The standard InChI is InChI=1S/C13H16FN3O3/c1-13(2)12(18)15(3)4-5-16(13)10-6-9(14)7-11(8-10)17(19)20/h6-8H,4-5H2,1-3H3. The number of non-ortho nitro benzene ring substituents is 1. The van der Waals surface area contributed by atoms with Gasteiger partial charge in [-0.3, -0.25) is 14.9 Å². The van der Waals surface area contributed by atoms with Crippen molar-refractivity contribution in [1.29, 1.82) is 0 Å². The van der Waals surface area contributed by atoms with Crippen LogP contribution in [0, 0.1) is 15.9 Å². The monoisotopic (exact) mass is 281 g/mol. The number of nitro groups is 1. The van der Waals surface area contributed by atoms with E-state index in [9.17, 15) is 19.3 Å². The van der Waals surface area contributed by atoms with E-state index in [-0.39, 0.29) is 11.6 Å². The molecule has 0 aromatic heterocycles. The zero-order valence-corrected chi connectivity index (χ0v) is 11.6. The molecule has 7 heteroatoms. The molecule has 0 atom stereocenters. The van der Waals surface area contributed by atoms with Crippen molar-refractivity contribution >= 4 is 17.3 Å². The third kappa shape index (κ3) is 2.31. The lowest BCUT2D eigenvalue weighted by Gasteiger charge is -2.46. The van der Waals surface area contributed by atoms with Crippen LogP contribution >= 0.6 is 0 Å². The Balaban J connectivity index is 2.45. The third-order valence-electron chi connectivity index (χ3n) is 3.59. The Bertz CT molecular complexity index is 574. The molecule has 1 saturated heterocycles. The van der Waals surface area contributed by atoms with Crippen LogP contribution in [0.15, 0.2) is 18.2 Å². The number of nitro benzene ring substituents is 1. The highest BCUT2D eigenvalue weighted by molar-refractivity contribution is 5.90. The lowest BCUT2D eigenvalue weighted by molar-refractivity contribution is -0.385. The topological polar surface area (TPSA) is 66.7 Å². The number of amides is 1. The lowest BCUT2D eigenvalue weighted by Crippen LogP contribution is -2.62. The smallest absolute Gasteiger partial charge is 0.274 e. The summed E-state index contributed by atoms with van der Waals surface area (Å²) < 4.78 is 13.5. The van der Waals surface area contributed by atoms with Gasteiger partial charge in [-0.05, 0) is 19.9 Å². The number of anilines is 1. The molecule has 0 saturated carbocycles. The summed E-state index contributed by atoms with van der Waals surface area (Å²) in [5.74, 6) is -0.785. The Kier molecular flexibility index (Phi) is 3.37. The number of hydrogen-bond donors (Lipinski definition) is 0. The van der Waals surface area contributed by atoms with Gasteiger partial charge in [-0.25, -0.2) is 4.39 Å². The second-order valence-corrected chi connectivity index (χ2v) is 5.36. The molecule has 1 aliphatic rings. The molecule has 1 fully saturated rings. The maximum Gasteiger partial charge on any atom is 0.274 e. The minimum Gasteiger partial charge on any atom is -0.355 e. The summed E-state index contributed by atoms with van der Waals surface area (Å²) >= 11 is 0. The number of carbonyl (C=O) groups is 1. The molecule has 0 aliphatic carbocycles. The normalized spacial score (nSPS) is 18.3. The maximum atomic E-state index is 13.5. The zero-order valence-electron chi connectivity index (χ0n) is 11.6. The molecule has 1 heterocycles. The molecular weight excluding hydrogens is 265 g/mol. The van der Waals surface area contributed by atoms with Gasteiger partial charge < -0.3 is 9.80 Å². The molecule has 6 nitrogen and oxygen atoms in total. The Labute approximate surface area is 115 Å². The van der Waals surface area contributed by atoms with Gasteiger partial charge in [-0.1, -0.05) is 0 Å². The van der Waals surface area contributed by atoms with Crippen LogP contribution in [0.25, 0.3) is 0 Å². The van der Waals surface area contributed by atoms with E-state index in [2.05, 4.69) is 0 Å². The van der Waals surface area contributed by atoms with Crippen LogP contribution < -0.4 is 4.90 Å². The maximum absolute atomic E-state index is 13.5. The van der Waals surface area contributed by atoms with E-state index in [4.69, 9.17) is 0 Å². The van der Waals surface area contributed by atoms with E-state index >= 15 is 0 Å². The summed E-state index contributed by atoms with van der Waals surface area (Å²) in [6.07, 6.45) is 0. The molecule has 1 aliphatic heterocycles. The molecule has 1 amide bonds. The zero-order chi connectivity index (χ0) is 15.1. The van der Waals surface area contributed by atoms with E-state index in [0.29, 0.717) is 18.8 Å². The van der Waals surface area contributed by atoms with E-state index in [0.717, 1.165) is 6.07 Å². The van der Waals surface area contributed by atoms with Gasteiger partial charge in [0.15, 0.2) is 0 Å². The fourth-order valence-electron chi connectivity index (χ4n) is 2.49. The first-order valence-corrected chi connectivity index (χ1v) is 6.21. The van der Waals surface area contributed by atoms with Crippen molar-refractivity contribution in [1.82, 2.24) is 4.90 Å². The number of rotatable bonds is 2. The average molecular weight is 281 g/mol. The van der Waals surface area contributed by atoms with Gasteiger partial charge in [0.05, 0.1) is 11.0 Å². The van der Waals surface area contributed by atoms with Crippen LogP contribution in [0.5, 0.6) is 0 Å². The summed E-state index contributed by atoms with van der Waals surface area (Å²) in [5.41, 5.74) is -0.834. The Morgan fingerprint density at radius 3 is 2.55 bits per heavy atom. The van der Waals surface area contributed by atoms with Crippen molar-refractivity contribution < 1.29 is 14.1 Å². The Hall–Kier alpha value is -2.18.